The van der Waals surface area contributed by atoms with Crippen LogP contribution in [0.2, 0.25) is 0 Å². The van der Waals surface area contributed by atoms with E-state index in [2.05, 4.69) is 16.0 Å². The Labute approximate surface area is 455 Å². The number of hydrogen-bond acceptors (Lipinski definition) is 15. The van der Waals surface area contributed by atoms with Gasteiger partial charge in [-0.25, -0.2) is 4.79 Å². The molecule has 2 fully saturated rings. The maximum atomic E-state index is 14.6. The molecule has 0 spiro atoms. The minimum Gasteiger partial charge on any atom is -0.493 e. The first kappa shape index (κ1) is 57.9. The van der Waals surface area contributed by atoms with E-state index in [0.717, 1.165) is 61.8 Å². The lowest BCUT2D eigenvalue weighted by Gasteiger charge is -2.37. The number of ether oxygens (including phenoxy) is 7. The molecule has 78 heavy (non-hydrogen) atoms. The number of carbonyl (C=O) groups is 7. The molecular formula is C59H73N5O14. The van der Waals surface area contributed by atoms with Gasteiger partial charge in [0.25, 0.3) is 17.7 Å². The van der Waals surface area contributed by atoms with E-state index < -0.39 is 53.7 Å². The Kier molecular flexibility index (Phi) is 20.8. The predicted molar refractivity (Wildman–Crippen MR) is 289 cm³/mol. The Morgan fingerprint density at radius 1 is 0.705 bits per heavy atom. The highest BCUT2D eigenvalue weighted by Gasteiger charge is 2.45. The van der Waals surface area contributed by atoms with E-state index in [1.807, 2.05) is 37.3 Å². The molecule has 4 aromatic rings. The quantitative estimate of drug-likeness (QED) is 0.0279. The van der Waals surface area contributed by atoms with Crippen molar-refractivity contribution in [2.75, 3.05) is 67.1 Å². The number of carbonyl (C=O) groups excluding carboxylic acids is 7. The lowest BCUT2D eigenvalue weighted by Crippen LogP contribution is -2.54. The summed E-state index contributed by atoms with van der Waals surface area (Å²) in [6, 6.07) is 19.5. The molecule has 0 aromatic heterocycles. The molecule has 0 bridgehead atoms. The second-order valence-corrected chi connectivity index (χ2v) is 19.5. The van der Waals surface area contributed by atoms with E-state index in [0.29, 0.717) is 96.6 Å². The molecule has 4 unspecified atom stereocenters. The third-order valence-corrected chi connectivity index (χ3v) is 14.6. The summed E-state index contributed by atoms with van der Waals surface area (Å²) < 4.78 is 40.4. The van der Waals surface area contributed by atoms with Crippen LogP contribution >= 0.6 is 0 Å². The van der Waals surface area contributed by atoms with E-state index in [1.54, 1.807) is 61.6 Å². The molecule has 4 atom stereocenters. The second kappa shape index (κ2) is 28.0. The average Bonchev–Trinajstić information content (AvgIpc) is 3.77. The lowest BCUT2D eigenvalue weighted by molar-refractivity contribution is -0.162. The minimum absolute atomic E-state index is 0.0623. The van der Waals surface area contributed by atoms with Crippen LogP contribution in [0, 0.1) is 0 Å². The van der Waals surface area contributed by atoms with Crippen LogP contribution in [0.4, 0.5) is 5.69 Å². The molecule has 0 saturated carbocycles. The van der Waals surface area contributed by atoms with E-state index in [9.17, 15) is 33.6 Å². The van der Waals surface area contributed by atoms with Crippen molar-refractivity contribution in [3.63, 3.8) is 0 Å². The van der Waals surface area contributed by atoms with Crippen LogP contribution in [-0.2, 0) is 35.1 Å². The molecule has 19 nitrogen and oxygen atoms in total. The topological polar surface area (TPSA) is 227 Å². The number of hydrogen-bond donors (Lipinski definition) is 3. The molecule has 418 valence electrons. The number of nitrogens with zero attached hydrogens (tertiary/aromatic N) is 2. The number of para-hydroxylation sites is 1. The third-order valence-electron chi connectivity index (χ3n) is 14.6. The van der Waals surface area contributed by atoms with Gasteiger partial charge in [-0.15, -0.1) is 0 Å². The first-order valence-corrected chi connectivity index (χ1v) is 26.9. The maximum absolute atomic E-state index is 14.6. The molecular weight excluding hydrogens is 1000 g/mol. The molecule has 3 heterocycles. The van der Waals surface area contributed by atoms with Gasteiger partial charge in [-0.3, -0.25) is 39.0 Å². The number of anilines is 1. The molecule has 3 N–H and O–H groups in total. The molecule has 2 saturated heterocycles. The first-order chi connectivity index (χ1) is 37.8. The SMILES string of the molecule is CCC(C(=O)N1CCCCC1C(=O)OC(CCc1ccc(OC)c(OC)c1)c1ccccc1OCC(=O)NCCCCCCCCNc1ccc2c(c1)C(=O)N(C1CCC(=O)NC1=O)C2=O)c1cc(OC)c(OC)c(OC)c1. The van der Waals surface area contributed by atoms with Crippen molar-refractivity contribution in [3.8, 4) is 34.5 Å². The number of esters is 1. The van der Waals surface area contributed by atoms with Crippen molar-refractivity contribution in [2.45, 2.75) is 121 Å². The summed E-state index contributed by atoms with van der Waals surface area (Å²) in [6.07, 6.45) is 8.07. The molecule has 3 aliphatic heterocycles. The number of rotatable bonds is 28. The molecule has 4 aromatic carbocycles. The van der Waals surface area contributed by atoms with Crippen molar-refractivity contribution >= 4 is 47.1 Å². The Morgan fingerprint density at radius 3 is 2.09 bits per heavy atom. The normalized spacial score (nSPS) is 16.8. The number of unbranched alkanes of at least 4 members (excludes halogenated alkanes) is 5. The van der Waals surface area contributed by atoms with Crippen LogP contribution in [0.1, 0.15) is 140 Å². The monoisotopic (exact) mass is 1080 g/mol. The molecule has 0 aliphatic carbocycles. The highest BCUT2D eigenvalue weighted by molar-refractivity contribution is 6.23. The van der Waals surface area contributed by atoms with Crippen molar-refractivity contribution in [2.24, 2.45) is 0 Å². The molecule has 6 amide bonds. The first-order valence-electron chi connectivity index (χ1n) is 26.9. The van der Waals surface area contributed by atoms with E-state index in [1.165, 1.54) is 21.3 Å². The minimum atomic E-state index is -1.01. The average molecular weight is 1080 g/mol. The van der Waals surface area contributed by atoms with Crippen molar-refractivity contribution in [3.05, 3.63) is 101 Å². The molecule has 3 aliphatic rings. The number of likely N-dealkylation sites (tertiary alicyclic amines) is 1. The number of nitrogens with one attached hydrogen (secondary N) is 3. The number of piperidine rings is 2. The van der Waals surface area contributed by atoms with E-state index in [4.69, 9.17) is 33.2 Å². The smallest absolute Gasteiger partial charge is 0.329 e. The zero-order chi connectivity index (χ0) is 55.7. The van der Waals surface area contributed by atoms with E-state index in [-0.39, 0.29) is 42.4 Å². The summed E-state index contributed by atoms with van der Waals surface area (Å²) in [5.41, 5.74) is 3.36. The van der Waals surface area contributed by atoms with Crippen LogP contribution in [0.3, 0.4) is 0 Å². The van der Waals surface area contributed by atoms with Crippen LogP contribution in [0.25, 0.3) is 0 Å². The maximum Gasteiger partial charge on any atom is 0.329 e. The lowest BCUT2D eigenvalue weighted by atomic mass is 9.91. The summed E-state index contributed by atoms with van der Waals surface area (Å²) >= 11 is 0. The zero-order valence-corrected chi connectivity index (χ0v) is 45.6. The summed E-state index contributed by atoms with van der Waals surface area (Å²) in [7, 11) is 7.72. The Balaban J connectivity index is 0.903. The van der Waals surface area contributed by atoms with Gasteiger partial charge in [-0.05, 0) is 117 Å². The molecule has 19 heteroatoms. The summed E-state index contributed by atoms with van der Waals surface area (Å²) in [6.45, 7) is 3.20. The van der Waals surface area contributed by atoms with Crippen molar-refractivity contribution in [1.82, 2.24) is 20.4 Å². The van der Waals surface area contributed by atoms with Gasteiger partial charge in [0.2, 0.25) is 23.5 Å². The van der Waals surface area contributed by atoms with Gasteiger partial charge in [0, 0.05) is 37.3 Å². The Hall–Kier alpha value is -7.83. The number of amides is 6. The summed E-state index contributed by atoms with van der Waals surface area (Å²) in [4.78, 5) is 95.1. The van der Waals surface area contributed by atoms with Gasteiger partial charge in [0.05, 0.1) is 52.6 Å². The van der Waals surface area contributed by atoms with Gasteiger partial charge in [-0.1, -0.05) is 56.9 Å². The Morgan fingerprint density at radius 2 is 1.40 bits per heavy atom. The molecule has 7 rings (SSSR count). The highest BCUT2D eigenvalue weighted by atomic mass is 16.6. The Bertz CT molecular complexity index is 2780. The number of benzene rings is 4. The number of methoxy groups -OCH3 is 5. The number of fused-ring (bicyclic) bond motifs is 1. The fourth-order valence-electron chi connectivity index (χ4n) is 10.4. The summed E-state index contributed by atoms with van der Waals surface area (Å²) in [5.74, 6) is -0.936. The van der Waals surface area contributed by atoms with Gasteiger partial charge in [0.15, 0.2) is 29.6 Å². The van der Waals surface area contributed by atoms with Gasteiger partial charge in [-0.2, -0.15) is 0 Å². The fraction of sp³-hybridized carbons (Fsp3) is 0.475. The standard InChI is InChI=1S/C59H73N5O14/c1-7-40(38-33-50(74-4)54(76-6)51(34-38)75-5)56(68)63-31-17-14-19-45(63)59(71)78-47(26-21-37-22-27-48(72-2)49(32-37)73-3)42-18-12-13-20-46(42)77-36-53(66)61-30-16-11-9-8-10-15-29-60-39-23-24-41-43(35-39)58(70)64(57(41)69)44-25-28-52(65)62-55(44)67/h12-13,18,20,22-24,27,32-35,40,44-45,47,60H,7-11,14-17,19,21,25-26,28-31,36H2,1-6H3,(H,61,66)(H,62,65,67). The van der Waals surface area contributed by atoms with Crippen LogP contribution in [0.15, 0.2) is 72.8 Å². The van der Waals surface area contributed by atoms with Gasteiger partial charge < -0.3 is 48.7 Å². The van der Waals surface area contributed by atoms with Crippen LogP contribution in [-0.4, -0.2) is 125 Å². The van der Waals surface area contributed by atoms with Crippen LogP contribution in [0.5, 0.6) is 34.5 Å². The van der Waals surface area contributed by atoms with Crippen molar-refractivity contribution in [1.29, 1.82) is 0 Å². The predicted octanol–water partition coefficient (Wildman–Crippen LogP) is 7.87. The number of aryl methyl sites for hydroxylation is 1. The van der Waals surface area contributed by atoms with Gasteiger partial charge >= 0.3 is 5.97 Å². The molecule has 0 radical (unpaired) electrons. The summed E-state index contributed by atoms with van der Waals surface area (Å²) in [5, 5.41) is 8.50. The van der Waals surface area contributed by atoms with Gasteiger partial charge in [0.1, 0.15) is 23.9 Å². The largest absolute Gasteiger partial charge is 0.493 e. The van der Waals surface area contributed by atoms with Crippen LogP contribution < -0.4 is 44.4 Å². The third kappa shape index (κ3) is 14.0. The number of imide groups is 2. The highest BCUT2D eigenvalue weighted by Crippen LogP contribution is 2.42. The van der Waals surface area contributed by atoms with Crippen molar-refractivity contribution < 1.29 is 66.7 Å². The van der Waals surface area contributed by atoms with E-state index >= 15 is 0 Å². The fourth-order valence-corrected chi connectivity index (χ4v) is 10.4. The second-order valence-electron chi connectivity index (χ2n) is 19.5. The zero-order valence-electron chi connectivity index (χ0n) is 45.6.